The van der Waals surface area contributed by atoms with Crippen molar-refractivity contribution in [3.05, 3.63) is 69.5 Å². The highest BCUT2D eigenvalue weighted by Crippen LogP contribution is 2.36. The molecule has 0 spiro atoms. The molecule has 2 N–H and O–H groups in total. The molecular weight excluding hydrogens is 448 g/mol. The number of piperazine rings is 1. The summed E-state index contributed by atoms with van der Waals surface area (Å²) in [6, 6.07) is 14.8. The van der Waals surface area contributed by atoms with E-state index in [9.17, 15) is 9.59 Å². The Morgan fingerprint density at radius 2 is 1.88 bits per heavy atom. The third-order valence-corrected chi connectivity index (χ3v) is 6.64. The lowest BCUT2D eigenvalue weighted by atomic mass is 10.1. The molecule has 1 saturated heterocycles. The Labute approximate surface area is 196 Å². The quantitative estimate of drug-likeness (QED) is 0.436. The number of halogens is 1. The van der Waals surface area contributed by atoms with Gasteiger partial charge in [0.25, 0.3) is 5.56 Å². The Morgan fingerprint density at radius 1 is 1.19 bits per heavy atom. The van der Waals surface area contributed by atoms with Crippen molar-refractivity contribution in [3.63, 3.8) is 0 Å². The second kappa shape index (κ2) is 11.5. The molecule has 0 bridgehead atoms. The lowest BCUT2D eigenvalue weighted by Gasteiger charge is -2.31. The van der Waals surface area contributed by atoms with Crippen LogP contribution in [0.2, 0.25) is 5.02 Å². The zero-order valence-electron chi connectivity index (χ0n) is 18.1. The summed E-state index contributed by atoms with van der Waals surface area (Å²) in [4.78, 5) is 33.1. The molecule has 1 amide bonds. The first-order chi connectivity index (χ1) is 15.6. The lowest BCUT2D eigenvalue weighted by molar-refractivity contribution is -0.131. The minimum absolute atomic E-state index is 0.0424. The molecule has 1 aromatic heterocycles. The van der Waals surface area contributed by atoms with Gasteiger partial charge in [0.05, 0.1) is 10.9 Å². The molecule has 170 valence electrons. The number of rotatable bonds is 5. The molecule has 2 heterocycles. The van der Waals surface area contributed by atoms with Crippen molar-refractivity contribution in [1.82, 2.24) is 19.8 Å². The topological polar surface area (TPSA) is 87.5 Å². The van der Waals surface area contributed by atoms with E-state index in [1.165, 1.54) is 11.8 Å². The molecule has 3 aromatic rings. The monoisotopic (exact) mass is 474 g/mol. The first-order valence-electron chi connectivity index (χ1n) is 10.4. The van der Waals surface area contributed by atoms with Crippen LogP contribution in [0.15, 0.2) is 58.5 Å². The average molecular weight is 475 g/mol. The molecule has 0 saturated carbocycles. The summed E-state index contributed by atoms with van der Waals surface area (Å²) < 4.78 is 1.62. The smallest absolute Gasteiger partial charge is 0.262 e. The Morgan fingerprint density at radius 3 is 2.53 bits per heavy atom. The van der Waals surface area contributed by atoms with Gasteiger partial charge in [-0.05, 0) is 30.7 Å². The first kappa shape index (κ1) is 24.3. The number of fused-ring (bicyclic) bond motifs is 1. The van der Waals surface area contributed by atoms with Crippen LogP contribution in [-0.4, -0.2) is 58.8 Å². The summed E-state index contributed by atoms with van der Waals surface area (Å²) in [6.45, 7) is 5.28. The number of nitrogens with one attached hydrogen (secondary N) is 1. The third-order valence-electron chi connectivity index (χ3n) is 5.18. The highest BCUT2D eigenvalue weighted by molar-refractivity contribution is 8.00. The number of thioether (sulfide) groups is 1. The number of aliphatic hydroxyl groups excluding tert-OH is 1. The van der Waals surface area contributed by atoms with Gasteiger partial charge in [0.2, 0.25) is 5.91 Å². The summed E-state index contributed by atoms with van der Waals surface area (Å²) in [5.74, 6) is 0.0424. The number of hydrogen-bond donors (Lipinski definition) is 2. The molecule has 1 unspecified atom stereocenters. The van der Waals surface area contributed by atoms with Crippen LogP contribution in [0.5, 0.6) is 0 Å². The van der Waals surface area contributed by atoms with E-state index in [2.05, 4.69) is 5.32 Å². The van der Waals surface area contributed by atoms with Gasteiger partial charge in [-0.15, -0.1) is 0 Å². The second-order valence-corrected chi connectivity index (χ2v) is 8.60. The zero-order chi connectivity index (χ0) is 23.1. The van der Waals surface area contributed by atoms with Gasteiger partial charge in [0.15, 0.2) is 5.16 Å². The normalized spacial score (nSPS) is 14.6. The van der Waals surface area contributed by atoms with Gasteiger partial charge in [-0.1, -0.05) is 53.7 Å². The molecule has 1 atom stereocenters. The summed E-state index contributed by atoms with van der Waals surface area (Å²) in [5.41, 5.74) is 1.34. The summed E-state index contributed by atoms with van der Waals surface area (Å²) in [5, 5.41) is 11.3. The Hall–Kier alpha value is -2.39. The van der Waals surface area contributed by atoms with Gasteiger partial charge in [-0.25, -0.2) is 4.98 Å². The minimum atomic E-state index is -0.473. The standard InChI is InChI=1S/C22H23ClN4O2S.CH4O/c1-2-27-20(28)17-14-16(23)8-9-18(17)25-22(27)30-19(15-6-4-3-5-7-15)21(29)26-12-10-24-11-13-26;1-2/h3-9,14,19,24H,2,10-13H2,1H3;2H,1H3. The van der Waals surface area contributed by atoms with E-state index in [1.807, 2.05) is 42.2 Å². The third kappa shape index (κ3) is 5.32. The van der Waals surface area contributed by atoms with Crippen LogP contribution >= 0.6 is 23.4 Å². The molecular formula is C23H27ClN4O3S. The first-order valence-corrected chi connectivity index (χ1v) is 11.7. The Balaban J connectivity index is 0.00000141. The maximum absolute atomic E-state index is 13.4. The molecule has 2 aromatic carbocycles. The van der Waals surface area contributed by atoms with Crippen molar-refractivity contribution in [3.8, 4) is 0 Å². The van der Waals surface area contributed by atoms with Crippen LogP contribution in [0.4, 0.5) is 0 Å². The van der Waals surface area contributed by atoms with Crippen molar-refractivity contribution in [2.24, 2.45) is 0 Å². The van der Waals surface area contributed by atoms with Crippen LogP contribution in [0.1, 0.15) is 17.7 Å². The lowest BCUT2D eigenvalue weighted by Crippen LogP contribution is -2.47. The minimum Gasteiger partial charge on any atom is -0.400 e. The number of carbonyl (C=O) groups is 1. The van der Waals surface area contributed by atoms with Crippen LogP contribution in [-0.2, 0) is 11.3 Å². The van der Waals surface area contributed by atoms with Crippen LogP contribution in [0, 0.1) is 0 Å². The average Bonchev–Trinajstić information content (AvgIpc) is 2.85. The summed E-state index contributed by atoms with van der Waals surface area (Å²) in [6.07, 6.45) is 0. The molecule has 9 heteroatoms. The number of amides is 1. The molecule has 1 aliphatic heterocycles. The van der Waals surface area contributed by atoms with Gasteiger partial charge < -0.3 is 15.3 Å². The van der Waals surface area contributed by atoms with Crippen molar-refractivity contribution in [2.45, 2.75) is 23.9 Å². The highest BCUT2D eigenvalue weighted by atomic mass is 35.5. The number of carbonyl (C=O) groups excluding carboxylic acids is 1. The van der Waals surface area contributed by atoms with Crippen LogP contribution in [0.3, 0.4) is 0 Å². The van der Waals surface area contributed by atoms with Gasteiger partial charge in [-0.3, -0.25) is 14.2 Å². The zero-order valence-corrected chi connectivity index (χ0v) is 19.7. The molecule has 1 fully saturated rings. The second-order valence-electron chi connectivity index (χ2n) is 7.09. The summed E-state index contributed by atoms with van der Waals surface area (Å²) >= 11 is 7.42. The van der Waals surface area contributed by atoms with Gasteiger partial charge in [0.1, 0.15) is 5.25 Å². The fraction of sp³-hybridized carbons (Fsp3) is 0.348. The fourth-order valence-corrected chi connectivity index (χ4v) is 5.00. The molecule has 0 aliphatic carbocycles. The number of nitrogens with zero attached hydrogens (tertiary/aromatic N) is 3. The fourth-order valence-electron chi connectivity index (χ4n) is 3.59. The number of hydrogen-bond acceptors (Lipinski definition) is 6. The number of aliphatic hydroxyl groups is 1. The molecule has 1 aliphatic rings. The van der Waals surface area contributed by atoms with Crippen LogP contribution < -0.4 is 10.9 Å². The maximum atomic E-state index is 13.4. The van der Waals surface area contributed by atoms with E-state index in [-0.39, 0.29) is 11.5 Å². The van der Waals surface area contributed by atoms with E-state index in [4.69, 9.17) is 21.7 Å². The van der Waals surface area contributed by atoms with E-state index in [0.29, 0.717) is 40.7 Å². The SMILES string of the molecule is CCn1c(SC(C(=O)N2CCNCC2)c2ccccc2)nc2ccc(Cl)cc2c1=O.CO. The van der Waals surface area contributed by atoms with E-state index in [1.54, 1.807) is 22.8 Å². The largest absolute Gasteiger partial charge is 0.400 e. The molecule has 0 radical (unpaired) electrons. The Kier molecular flexibility index (Phi) is 8.69. The van der Waals surface area contributed by atoms with Crippen molar-refractivity contribution in [1.29, 1.82) is 0 Å². The van der Waals surface area contributed by atoms with Crippen molar-refractivity contribution in [2.75, 3.05) is 33.3 Å². The van der Waals surface area contributed by atoms with Gasteiger partial charge >= 0.3 is 0 Å². The molecule has 4 rings (SSSR count). The maximum Gasteiger partial charge on any atom is 0.262 e. The van der Waals surface area contributed by atoms with E-state index in [0.717, 1.165) is 25.8 Å². The van der Waals surface area contributed by atoms with Crippen molar-refractivity contribution < 1.29 is 9.90 Å². The van der Waals surface area contributed by atoms with Crippen LogP contribution in [0.25, 0.3) is 10.9 Å². The predicted molar refractivity (Wildman–Crippen MR) is 129 cm³/mol. The Bertz CT molecular complexity index is 1120. The number of benzene rings is 2. The van der Waals surface area contributed by atoms with Gasteiger partial charge in [-0.2, -0.15) is 0 Å². The molecule has 7 nitrogen and oxygen atoms in total. The van der Waals surface area contributed by atoms with Crippen molar-refractivity contribution >= 4 is 40.2 Å². The highest BCUT2D eigenvalue weighted by Gasteiger charge is 2.29. The predicted octanol–water partition coefficient (Wildman–Crippen LogP) is 2.94. The van der Waals surface area contributed by atoms with E-state index < -0.39 is 5.25 Å². The molecule has 32 heavy (non-hydrogen) atoms. The summed E-state index contributed by atoms with van der Waals surface area (Å²) in [7, 11) is 1.00. The van der Waals surface area contributed by atoms with E-state index >= 15 is 0 Å². The number of aromatic nitrogens is 2. The van der Waals surface area contributed by atoms with Gasteiger partial charge in [0, 0.05) is 44.9 Å².